The predicted molar refractivity (Wildman–Crippen MR) is 65.4 cm³/mol. The number of aromatic nitrogens is 2. The number of hydrogen-bond donors (Lipinski definition) is 2. The van der Waals surface area contributed by atoms with Crippen LogP contribution in [0, 0.1) is 28.6 Å². The molecule has 96 valence electrons. The highest BCUT2D eigenvalue weighted by Gasteiger charge is 2.13. The molecule has 0 saturated carbocycles. The quantitative estimate of drug-likeness (QED) is 0.750. The zero-order valence-corrected chi connectivity index (χ0v) is 10.6. The van der Waals surface area contributed by atoms with Crippen LogP contribution in [0.2, 0.25) is 0 Å². The summed E-state index contributed by atoms with van der Waals surface area (Å²) in [5.74, 6) is 0.519. The van der Waals surface area contributed by atoms with E-state index in [1.54, 1.807) is 0 Å². The molecule has 0 aliphatic heterocycles. The Bertz CT molecular complexity index is 466. The molecule has 1 rings (SSSR count). The van der Waals surface area contributed by atoms with Gasteiger partial charge in [-0.15, -0.1) is 0 Å². The maximum Gasteiger partial charge on any atom is 0.176 e. The molecule has 1 aromatic heterocycles. The molecule has 1 heterocycles. The molecular weight excluding hydrogens is 230 g/mol. The Morgan fingerprint density at radius 2 is 2.11 bits per heavy atom. The van der Waals surface area contributed by atoms with Gasteiger partial charge in [0.1, 0.15) is 12.1 Å². The average Bonchev–Trinajstić information content (AvgIpc) is 2.70. The van der Waals surface area contributed by atoms with E-state index in [4.69, 9.17) is 10.5 Å². The first-order valence-electron chi connectivity index (χ1n) is 5.82. The van der Waals surface area contributed by atoms with Crippen molar-refractivity contribution in [2.45, 2.75) is 26.5 Å². The lowest BCUT2D eigenvalue weighted by Crippen LogP contribution is -2.32. The SMILES string of the molecule is CC(C)CNCC(O)Cn1cnc(C#N)c1C#N. The van der Waals surface area contributed by atoms with Crippen LogP contribution in [0.25, 0.3) is 0 Å². The minimum absolute atomic E-state index is 0.0971. The van der Waals surface area contributed by atoms with Crippen LogP contribution < -0.4 is 5.32 Å². The molecule has 2 N–H and O–H groups in total. The molecule has 0 bridgehead atoms. The Morgan fingerprint density at radius 3 is 2.67 bits per heavy atom. The van der Waals surface area contributed by atoms with E-state index in [1.807, 2.05) is 12.1 Å². The normalized spacial score (nSPS) is 12.1. The summed E-state index contributed by atoms with van der Waals surface area (Å²) in [6, 6.07) is 3.77. The zero-order valence-electron chi connectivity index (χ0n) is 10.6. The van der Waals surface area contributed by atoms with E-state index in [0.717, 1.165) is 6.54 Å². The lowest BCUT2D eigenvalue weighted by Gasteiger charge is -2.14. The van der Waals surface area contributed by atoms with Crippen molar-refractivity contribution in [1.82, 2.24) is 14.9 Å². The summed E-state index contributed by atoms with van der Waals surface area (Å²) in [7, 11) is 0. The second-order valence-corrected chi connectivity index (χ2v) is 4.52. The van der Waals surface area contributed by atoms with E-state index in [-0.39, 0.29) is 17.9 Å². The molecule has 0 spiro atoms. The predicted octanol–water partition coefficient (Wildman–Crippen LogP) is 0.233. The molecule has 1 atom stereocenters. The van der Waals surface area contributed by atoms with E-state index in [0.29, 0.717) is 12.5 Å². The van der Waals surface area contributed by atoms with Crippen LogP contribution in [-0.4, -0.2) is 33.9 Å². The summed E-state index contributed by atoms with van der Waals surface area (Å²) >= 11 is 0. The van der Waals surface area contributed by atoms with Crippen molar-refractivity contribution < 1.29 is 5.11 Å². The van der Waals surface area contributed by atoms with Gasteiger partial charge in [-0.1, -0.05) is 13.8 Å². The van der Waals surface area contributed by atoms with Crippen LogP contribution in [-0.2, 0) is 6.54 Å². The van der Waals surface area contributed by atoms with Crippen molar-refractivity contribution in [2.75, 3.05) is 13.1 Å². The highest BCUT2D eigenvalue weighted by molar-refractivity contribution is 5.36. The number of nitrogens with zero attached hydrogens (tertiary/aromatic N) is 4. The van der Waals surface area contributed by atoms with Gasteiger partial charge in [0.05, 0.1) is 19.0 Å². The van der Waals surface area contributed by atoms with Crippen LogP contribution in [0.1, 0.15) is 25.2 Å². The van der Waals surface area contributed by atoms with Crippen molar-refractivity contribution in [2.24, 2.45) is 5.92 Å². The van der Waals surface area contributed by atoms with Crippen molar-refractivity contribution in [1.29, 1.82) is 10.5 Å². The highest BCUT2D eigenvalue weighted by Crippen LogP contribution is 2.05. The topological polar surface area (TPSA) is 97.7 Å². The smallest absolute Gasteiger partial charge is 0.176 e. The number of nitriles is 2. The second-order valence-electron chi connectivity index (χ2n) is 4.52. The van der Waals surface area contributed by atoms with Crippen molar-refractivity contribution in [3.8, 4) is 12.1 Å². The molecule has 0 fully saturated rings. The molecule has 6 nitrogen and oxygen atoms in total. The van der Waals surface area contributed by atoms with Crippen molar-refractivity contribution in [3.05, 3.63) is 17.7 Å². The second kappa shape index (κ2) is 6.75. The van der Waals surface area contributed by atoms with Gasteiger partial charge in [-0.25, -0.2) is 4.98 Å². The lowest BCUT2D eigenvalue weighted by molar-refractivity contribution is 0.150. The zero-order chi connectivity index (χ0) is 13.5. The Balaban J connectivity index is 2.55. The van der Waals surface area contributed by atoms with Crippen molar-refractivity contribution >= 4 is 0 Å². The fourth-order valence-electron chi connectivity index (χ4n) is 1.55. The third-order valence-electron chi connectivity index (χ3n) is 2.39. The number of aliphatic hydroxyl groups is 1. The van der Waals surface area contributed by atoms with Crippen LogP contribution in [0.3, 0.4) is 0 Å². The molecule has 6 heteroatoms. The molecule has 0 aromatic carbocycles. The molecular formula is C12H17N5O. The number of imidazole rings is 1. The Morgan fingerprint density at radius 1 is 1.39 bits per heavy atom. The Labute approximate surface area is 106 Å². The molecule has 0 radical (unpaired) electrons. The van der Waals surface area contributed by atoms with Gasteiger partial charge in [-0.3, -0.25) is 0 Å². The van der Waals surface area contributed by atoms with Crippen LogP contribution >= 0.6 is 0 Å². The lowest BCUT2D eigenvalue weighted by atomic mass is 10.2. The largest absolute Gasteiger partial charge is 0.390 e. The van der Waals surface area contributed by atoms with Crippen LogP contribution in [0.4, 0.5) is 0 Å². The third-order valence-corrected chi connectivity index (χ3v) is 2.39. The fourth-order valence-corrected chi connectivity index (χ4v) is 1.55. The maximum atomic E-state index is 9.81. The summed E-state index contributed by atoms with van der Waals surface area (Å²) in [5.41, 5.74) is 0.292. The van der Waals surface area contributed by atoms with Gasteiger partial charge < -0.3 is 15.0 Å². The Kier molecular flexibility index (Phi) is 5.31. The third kappa shape index (κ3) is 3.85. The van der Waals surface area contributed by atoms with Crippen LogP contribution in [0.5, 0.6) is 0 Å². The summed E-state index contributed by atoms with van der Waals surface area (Å²) < 4.78 is 1.50. The summed E-state index contributed by atoms with van der Waals surface area (Å²) in [6.45, 7) is 5.70. The molecule has 0 aliphatic carbocycles. The summed E-state index contributed by atoms with van der Waals surface area (Å²) in [5, 5.41) is 30.6. The minimum atomic E-state index is -0.614. The number of rotatable bonds is 6. The monoisotopic (exact) mass is 247 g/mol. The van der Waals surface area contributed by atoms with E-state index in [9.17, 15) is 5.11 Å². The van der Waals surface area contributed by atoms with Crippen molar-refractivity contribution in [3.63, 3.8) is 0 Å². The van der Waals surface area contributed by atoms with E-state index in [2.05, 4.69) is 24.1 Å². The standard InChI is InChI=1S/C12H17N5O/c1-9(2)5-15-6-10(18)7-17-8-16-11(3-13)12(17)4-14/h8-10,15,18H,5-7H2,1-2H3. The molecule has 1 aromatic rings. The number of nitrogens with one attached hydrogen (secondary N) is 1. The number of aliphatic hydroxyl groups excluding tert-OH is 1. The van der Waals surface area contributed by atoms with Gasteiger partial charge in [0, 0.05) is 6.54 Å². The van der Waals surface area contributed by atoms with E-state index < -0.39 is 6.10 Å². The first-order valence-corrected chi connectivity index (χ1v) is 5.82. The highest BCUT2D eigenvalue weighted by atomic mass is 16.3. The molecule has 0 amide bonds. The van der Waals surface area contributed by atoms with Crippen LogP contribution in [0.15, 0.2) is 6.33 Å². The maximum absolute atomic E-state index is 9.81. The van der Waals surface area contributed by atoms with Gasteiger partial charge in [0.2, 0.25) is 0 Å². The van der Waals surface area contributed by atoms with E-state index in [1.165, 1.54) is 10.9 Å². The fraction of sp³-hybridized carbons (Fsp3) is 0.583. The number of hydrogen-bond acceptors (Lipinski definition) is 5. The minimum Gasteiger partial charge on any atom is -0.390 e. The van der Waals surface area contributed by atoms with Gasteiger partial charge in [-0.05, 0) is 12.5 Å². The van der Waals surface area contributed by atoms with Gasteiger partial charge in [0.15, 0.2) is 11.4 Å². The van der Waals surface area contributed by atoms with Gasteiger partial charge >= 0.3 is 0 Å². The molecule has 0 saturated heterocycles. The average molecular weight is 247 g/mol. The molecule has 0 aliphatic rings. The van der Waals surface area contributed by atoms with E-state index >= 15 is 0 Å². The molecule has 1 unspecified atom stereocenters. The first kappa shape index (κ1) is 14.2. The Hall–Kier alpha value is -1.89. The summed E-state index contributed by atoms with van der Waals surface area (Å²) in [4.78, 5) is 3.81. The molecule has 18 heavy (non-hydrogen) atoms. The first-order chi connectivity index (χ1) is 8.58. The van der Waals surface area contributed by atoms with Gasteiger partial charge in [0.25, 0.3) is 0 Å². The van der Waals surface area contributed by atoms with Gasteiger partial charge in [-0.2, -0.15) is 10.5 Å². The summed E-state index contributed by atoms with van der Waals surface area (Å²) in [6.07, 6.45) is 0.791.